The molecule has 37 heteroatoms. The second kappa shape index (κ2) is 49.8. The van der Waals surface area contributed by atoms with E-state index in [4.69, 9.17) is 55.1 Å². The van der Waals surface area contributed by atoms with Gasteiger partial charge in [-0.15, -0.1) is 11.6 Å². The maximum Gasteiger partial charge on any atom is 1.00 e. The summed E-state index contributed by atoms with van der Waals surface area (Å²) in [6, 6.07) is 38.2. The number of aryl methyl sites for hydroxylation is 3. The molecule has 0 spiro atoms. The average molecular weight is 1910 g/mol. The number of phosphoric ester groups is 1. The van der Waals surface area contributed by atoms with Crippen molar-refractivity contribution in [1.29, 1.82) is 0 Å². The first-order chi connectivity index (χ1) is 54.3. The number of pyridine rings is 4. The number of H-pyrrole nitrogens is 1. The number of ketones is 6. The maximum absolute atomic E-state index is 13.3. The van der Waals surface area contributed by atoms with Crippen LogP contribution < -0.4 is 186 Å². The third-order valence-electron chi connectivity index (χ3n) is 16.6. The van der Waals surface area contributed by atoms with Gasteiger partial charge in [0, 0.05) is 121 Å². The fourth-order valence-electron chi connectivity index (χ4n) is 9.77. The number of aromatic amines is 1. The Bertz CT molecular complexity index is 5410. The molecular weight excluding hydrogens is 1820 g/mol. The van der Waals surface area contributed by atoms with Crippen molar-refractivity contribution in [3.05, 3.63) is 209 Å². The van der Waals surface area contributed by atoms with E-state index in [0.717, 1.165) is 56.7 Å². The van der Waals surface area contributed by atoms with Crippen molar-refractivity contribution in [1.82, 2.24) is 59.2 Å². The van der Waals surface area contributed by atoms with Crippen LogP contribution in [0, 0.1) is 43.1 Å². The molecule has 12 aromatic rings. The van der Waals surface area contributed by atoms with Gasteiger partial charge in [0.15, 0.2) is 23.6 Å². The van der Waals surface area contributed by atoms with Crippen molar-refractivity contribution in [2.45, 2.75) is 103 Å². The van der Waals surface area contributed by atoms with Crippen LogP contribution in [0.2, 0.25) is 0 Å². The summed E-state index contributed by atoms with van der Waals surface area (Å²) in [5.41, 5.74) is 6.96. The number of alkyl halides is 1. The summed E-state index contributed by atoms with van der Waals surface area (Å²) in [6.45, 7) is 22.2. The molecular formula is C81H92ClCs2LiN12O19P2. The van der Waals surface area contributed by atoms with Crippen LogP contribution in [0.25, 0.3) is 43.6 Å². The van der Waals surface area contributed by atoms with Crippen molar-refractivity contribution in [2.24, 2.45) is 16.2 Å². The van der Waals surface area contributed by atoms with Gasteiger partial charge in [-0.2, -0.15) is 26.5 Å². The van der Waals surface area contributed by atoms with Crippen LogP contribution >= 0.6 is 28.8 Å². The zero-order chi connectivity index (χ0) is 85.1. The molecule has 1 atom stereocenters. The van der Waals surface area contributed by atoms with Crippen LogP contribution in [0.3, 0.4) is 0 Å². The number of benzene rings is 4. The van der Waals surface area contributed by atoms with Crippen LogP contribution in [-0.2, 0) is 46.2 Å². The van der Waals surface area contributed by atoms with Crippen LogP contribution in [-0.4, -0.2) is 164 Å². The van der Waals surface area contributed by atoms with E-state index in [1.807, 2.05) is 138 Å². The zero-order valence-electron chi connectivity index (χ0n) is 70.4. The number of ether oxygens (including phenoxy) is 5. The fourth-order valence-corrected chi connectivity index (χ4v) is 10.9. The Morgan fingerprint density at radius 2 is 0.975 bits per heavy atom. The second-order valence-corrected chi connectivity index (χ2v) is 30.1. The van der Waals surface area contributed by atoms with E-state index >= 15 is 0 Å². The average Bonchev–Trinajstić information content (AvgIpc) is 1.64. The van der Waals surface area contributed by atoms with Crippen molar-refractivity contribution in [2.75, 3.05) is 47.5 Å². The van der Waals surface area contributed by atoms with E-state index in [2.05, 4.69) is 70.3 Å². The molecule has 0 fully saturated rings. The molecule has 0 aliphatic heterocycles. The summed E-state index contributed by atoms with van der Waals surface area (Å²) in [6.07, 6.45) is 7.13. The predicted octanol–water partition coefficient (Wildman–Crippen LogP) is 3.35. The third kappa shape index (κ3) is 31.8. The largest absolute Gasteiger partial charge is 1.00 e. The fraction of sp³-hybridized carbons (Fsp3) is 0.309. The van der Waals surface area contributed by atoms with Crippen molar-refractivity contribution in [3.8, 4) is 28.9 Å². The molecule has 3 N–H and O–H groups in total. The van der Waals surface area contributed by atoms with Gasteiger partial charge in [0.1, 0.15) is 58.9 Å². The van der Waals surface area contributed by atoms with Crippen LogP contribution in [0.15, 0.2) is 146 Å². The number of hydrogen-bond donors (Lipinski definition) is 3. The van der Waals surface area contributed by atoms with E-state index in [0.29, 0.717) is 61.5 Å². The number of phosphoric acid groups is 1. The second-order valence-electron chi connectivity index (χ2n) is 28.1. The van der Waals surface area contributed by atoms with E-state index in [9.17, 15) is 38.1 Å². The smallest absolute Gasteiger partial charge is 1.00 e. The molecule has 8 heterocycles. The molecule has 1 unspecified atom stereocenters. The molecule has 0 saturated heterocycles. The molecule has 0 bridgehead atoms. The predicted molar refractivity (Wildman–Crippen MR) is 433 cm³/mol. The number of nitrogens with one attached hydrogen (secondary N) is 1. The SMILES string of the molecule is CC(C)(C)C(=O)CCl.COc1ccc2c(C(=O)c3ccc(C)nc3)n[nH]c2c1.COc1ccc2c(C(=O)c3ccc(C)nc3)nn(CC(=O)C(C)(C)C)c2c1.COc1ccc2c(C(=O)c3ccc(OCCCOP(=O)(O)O)nc3)nn(CC(=O)C(C)(C)C)c2c1.COc1ccc2c(C=O)nn(P)c2c1.Cc1cc[c-]cn1.O=CO[O-].[Cs+].[Cs+].[H-].[Li+]. The van der Waals surface area contributed by atoms with Gasteiger partial charge in [0.2, 0.25) is 23.2 Å². The standard InChI is InChI=1S/C23H28N3O8P.C21H23N3O3.C15H13N3O2.C9H9N2O2P.C6H11ClO.C6H6N.CH2O3.2Cs.Li.H/c1-23(2,3)19(27)14-26-18-12-16(32-4)7-8-17(18)21(25-26)22(28)15-6-9-20(24-13-15)33-10-5-11-34-35(29,30)31;1-13-6-7-14(11-22-13)20(26)19-16-9-8-15(27-5)10-17(16)24(23-19)12-18(25)21(2,3)4;1-9-3-4-10(8-16-9)15(19)14-12-6-5-11(20-2)7-13(12)17-18-14;1-13-6-2-3-7-8(5-12)10-11(14)9(7)4-6;1-6(2,3)5(8)4-7;1-6-4-2-3-5-7-6;2-1-4-3;;;;/h6-9,12-13H,5,10-11,14H2,1-4H3,(H2,29,30,31);6-11H,12H2,1-5H3;3-8H,1-2H3,(H,17,18);2-5H,14H2,1H3;4H2,1-3H3;2,4-5H,1H3;1,3H;;;;/q;;;;;-1;;3*+1;-1/p-1. The number of rotatable bonds is 23. The monoisotopic (exact) mass is 1910 g/mol. The Morgan fingerprint density at radius 1 is 0.559 bits per heavy atom. The maximum atomic E-state index is 13.3. The molecule has 8 aromatic heterocycles. The van der Waals surface area contributed by atoms with Crippen LogP contribution in [0.4, 0.5) is 0 Å². The Kier molecular flexibility index (Phi) is 44.4. The molecule has 0 saturated carbocycles. The quantitative estimate of drug-likeness (QED) is 0.00951. The molecule has 118 heavy (non-hydrogen) atoms. The first-order valence-electron chi connectivity index (χ1n) is 35.2. The molecule has 0 aliphatic carbocycles. The van der Waals surface area contributed by atoms with Gasteiger partial charge in [0.05, 0.1) is 69.6 Å². The number of aldehydes is 1. The Morgan fingerprint density at radius 3 is 1.33 bits per heavy atom. The summed E-state index contributed by atoms with van der Waals surface area (Å²) in [5.74, 6) is 2.43. The van der Waals surface area contributed by atoms with Crippen LogP contribution in [0.5, 0.6) is 28.9 Å². The van der Waals surface area contributed by atoms with Gasteiger partial charge >= 0.3 is 164 Å². The molecule has 0 amide bonds. The van der Waals surface area contributed by atoms with Gasteiger partial charge < -0.3 is 50.0 Å². The molecule has 610 valence electrons. The summed E-state index contributed by atoms with van der Waals surface area (Å²) in [4.78, 5) is 130. The number of nitrogens with zero attached hydrogens (tertiary/aromatic N) is 11. The van der Waals surface area contributed by atoms with E-state index in [-0.39, 0.29) is 260 Å². The topological polar surface area (TPSA) is 415 Å². The number of halogens is 1. The number of hydrogen-bond acceptors (Lipinski definition) is 25. The summed E-state index contributed by atoms with van der Waals surface area (Å²) in [5, 5.41) is 31.2. The van der Waals surface area contributed by atoms with Crippen molar-refractivity contribution < 1.29 is 249 Å². The number of carbonyl (C=O) groups excluding carboxylic acids is 8. The normalized spacial score (nSPS) is 10.8. The minimum absolute atomic E-state index is 0. The Hall–Kier alpha value is -6.99. The van der Waals surface area contributed by atoms with Gasteiger partial charge in [0.25, 0.3) is 6.47 Å². The molecule has 31 nitrogen and oxygen atoms in total. The van der Waals surface area contributed by atoms with Gasteiger partial charge in [-0.3, -0.25) is 67.3 Å². The van der Waals surface area contributed by atoms with Crippen LogP contribution in [0.1, 0.15) is 146 Å². The van der Waals surface area contributed by atoms with Crippen molar-refractivity contribution in [3.63, 3.8) is 0 Å². The molecule has 12 rings (SSSR count). The number of Topliss-reactive ketones (excluding diaryl/α,β-unsaturated/α-hetero) is 3. The zero-order valence-corrected chi connectivity index (χ0v) is 84.8. The number of fused-ring (bicyclic) bond motifs is 4. The van der Waals surface area contributed by atoms with Gasteiger partial charge in [-0.25, -0.2) is 26.1 Å². The van der Waals surface area contributed by atoms with Gasteiger partial charge in [-0.05, 0) is 115 Å². The minimum Gasteiger partial charge on any atom is -1.00 e. The summed E-state index contributed by atoms with van der Waals surface area (Å²) < 4.78 is 45.9. The van der Waals surface area contributed by atoms with E-state index in [1.165, 1.54) is 24.1 Å². The van der Waals surface area contributed by atoms with E-state index in [1.54, 1.807) is 110 Å². The van der Waals surface area contributed by atoms with E-state index < -0.39 is 18.7 Å². The third-order valence-corrected chi connectivity index (χ3v) is 17.7. The Labute approximate surface area is 821 Å². The molecule has 4 aromatic carbocycles. The summed E-state index contributed by atoms with van der Waals surface area (Å²) >= 11 is 5.29. The number of methoxy groups -OCH3 is 4. The first kappa shape index (κ1) is 105. The number of carbonyl (C=O) groups is 8. The summed E-state index contributed by atoms with van der Waals surface area (Å²) in [7, 11) is 4.24. The molecule has 0 aliphatic rings. The Balaban J connectivity index is 0.000000509. The number of aromatic nitrogens is 12. The molecule has 0 radical (unpaired) electrons. The van der Waals surface area contributed by atoms with Gasteiger partial charge in [-0.1, -0.05) is 68.5 Å². The van der Waals surface area contributed by atoms with Crippen molar-refractivity contribution >= 4 is 120 Å². The minimum atomic E-state index is -4.50. The first-order valence-corrected chi connectivity index (χ1v) is 37.7.